The van der Waals surface area contributed by atoms with Gasteiger partial charge in [0.15, 0.2) is 0 Å². The third-order valence-electron chi connectivity index (χ3n) is 5.81. The third kappa shape index (κ3) is 5.40. The summed E-state index contributed by atoms with van der Waals surface area (Å²) in [5, 5.41) is 7.89. The lowest BCUT2D eigenvalue weighted by molar-refractivity contribution is -0.125. The number of nitrogens with one attached hydrogen (secondary N) is 3. The number of methoxy groups -OCH3 is 1. The Bertz CT molecular complexity index is 1150. The van der Waals surface area contributed by atoms with Crippen LogP contribution in [0, 0.1) is 5.92 Å². The molecule has 0 saturated carbocycles. The average Bonchev–Trinajstić information content (AvgIpc) is 3.40. The van der Waals surface area contributed by atoms with Gasteiger partial charge in [-0.25, -0.2) is 4.79 Å². The minimum Gasteiger partial charge on any atom is -0.495 e. The van der Waals surface area contributed by atoms with E-state index < -0.39 is 11.9 Å². The smallest absolute Gasteiger partial charge is 0.324 e. The Morgan fingerprint density at radius 1 is 1.00 bits per heavy atom. The molecule has 3 N–H and O–H groups in total. The van der Waals surface area contributed by atoms with Crippen LogP contribution in [0.4, 0.5) is 21.9 Å². The Balaban J connectivity index is 1.29. The molecule has 0 aliphatic carbocycles. The van der Waals surface area contributed by atoms with Gasteiger partial charge >= 0.3 is 6.03 Å². The summed E-state index contributed by atoms with van der Waals surface area (Å²) in [5.41, 5.74) is 1.66. The molecule has 2 aromatic rings. The summed E-state index contributed by atoms with van der Waals surface area (Å²) in [5.74, 6) is -1.10. The fraction of sp³-hybridized carbons (Fsp3) is 0.292. The van der Waals surface area contributed by atoms with E-state index >= 15 is 0 Å². The second-order valence-electron chi connectivity index (χ2n) is 8.15. The zero-order valence-electron chi connectivity index (χ0n) is 19.1. The van der Waals surface area contributed by atoms with E-state index in [1.165, 1.54) is 7.11 Å². The molecule has 1 atom stereocenters. The van der Waals surface area contributed by atoms with Crippen molar-refractivity contribution in [3.05, 3.63) is 48.5 Å². The summed E-state index contributed by atoms with van der Waals surface area (Å²) < 4.78 is 5.33. The Labute approximate surface area is 201 Å². The normalized spacial score (nSPS) is 17.4. The number of hydrogen-bond acceptors (Lipinski definition) is 6. The second kappa shape index (κ2) is 10.2. The van der Waals surface area contributed by atoms with Crippen molar-refractivity contribution in [2.24, 2.45) is 5.92 Å². The molecule has 2 aromatic carbocycles. The number of urea groups is 1. The van der Waals surface area contributed by atoms with Crippen molar-refractivity contribution in [2.45, 2.75) is 12.8 Å². The van der Waals surface area contributed by atoms with Crippen molar-refractivity contribution in [3.8, 4) is 5.75 Å². The van der Waals surface area contributed by atoms with Gasteiger partial charge in [0, 0.05) is 37.3 Å². The molecule has 2 aliphatic rings. The lowest BCUT2D eigenvalue weighted by Crippen LogP contribution is -2.33. The number of ether oxygens (including phenoxy) is 1. The Morgan fingerprint density at radius 3 is 2.34 bits per heavy atom. The number of amides is 6. The van der Waals surface area contributed by atoms with Crippen molar-refractivity contribution in [3.63, 3.8) is 0 Å². The molecule has 1 unspecified atom stereocenters. The maximum atomic E-state index is 12.8. The summed E-state index contributed by atoms with van der Waals surface area (Å²) in [4.78, 5) is 63.1. The monoisotopic (exact) mass is 479 g/mol. The highest BCUT2D eigenvalue weighted by atomic mass is 16.5. The van der Waals surface area contributed by atoms with Crippen LogP contribution in [0.25, 0.3) is 0 Å². The lowest BCUT2D eigenvalue weighted by Gasteiger charge is -2.19. The van der Waals surface area contributed by atoms with Crippen LogP contribution in [0.3, 0.4) is 0 Å². The van der Waals surface area contributed by atoms with E-state index in [1.54, 1.807) is 41.3 Å². The SMILES string of the molecule is COc1ccccc1N1CC(C(=O)Nc2ccc(NC(=O)CCN3C(=O)CNC3=O)cc2)CC1=O. The fourth-order valence-electron chi connectivity index (χ4n) is 3.97. The minimum absolute atomic E-state index is 0.00335. The van der Waals surface area contributed by atoms with Crippen molar-refractivity contribution >= 4 is 46.7 Å². The second-order valence-corrected chi connectivity index (χ2v) is 8.15. The van der Waals surface area contributed by atoms with E-state index in [-0.39, 0.29) is 56.1 Å². The Morgan fingerprint density at radius 2 is 1.69 bits per heavy atom. The predicted octanol–water partition coefficient (Wildman–Crippen LogP) is 1.57. The highest BCUT2D eigenvalue weighted by molar-refractivity contribution is 6.04. The maximum absolute atomic E-state index is 12.8. The summed E-state index contributed by atoms with van der Waals surface area (Å²) in [6.07, 6.45) is 0.0611. The van der Waals surface area contributed by atoms with E-state index in [9.17, 15) is 24.0 Å². The van der Waals surface area contributed by atoms with Crippen LogP contribution >= 0.6 is 0 Å². The standard InChI is InChI=1S/C24H25N5O6/c1-35-19-5-3-2-4-18(19)29-14-15(12-21(29)31)23(33)27-17-8-6-16(7-9-17)26-20(30)10-11-28-22(32)13-25-24(28)34/h2-9,15H,10-14H2,1H3,(H,25,34)(H,26,30)(H,27,33). The number of carbonyl (C=O) groups is 5. The number of hydrogen-bond donors (Lipinski definition) is 3. The first kappa shape index (κ1) is 23.7. The third-order valence-corrected chi connectivity index (χ3v) is 5.81. The highest BCUT2D eigenvalue weighted by Crippen LogP contribution is 2.33. The first-order valence-corrected chi connectivity index (χ1v) is 11.1. The molecular formula is C24H25N5O6. The number of nitrogens with zero attached hydrogens (tertiary/aromatic N) is 2. The van der Waals surface area contributed by atoms with Gasteiger partial charge < -0.3 is 25.6 Å². The highest BCUT2D eigenvalue weighted by Gasteiger charge is 2.36. The van der Waals surface area contributed by atoms with Gasteiger partial charge in [-0.2, -0.15) is 0 Å². The van der Waals surface area contributed by atoms with Gasteiger partial charge in [-0.05, 0) is 36.4 Å². The van der Waals surface area contributed by atoms with E-state index in [0.29, 0.717) is 22.8 Å². The Kier molecular flexibility index (Phi) is 6.95. The molecule has 35 heavy (non-hydrogen) atoms. The number of imide groups is 1. The number of benzene rings is 2. The number of rotatable bonds is 8. The van der Waals surface area contributed by atoms with Gasteiger partial charge in [-0.15, -0.1) is 0 Å². The van der Waals surface area contributed by atoms with E-state index in [1.807, 2.05) is 12.1 Å². The zero-order chi connectivity index (χ0) is 24.9. The molecule has 4 rings (SSSR count). The van der Waals surface area contributed by atoms with Gasteiger partial charge in [-0.1, -0.05) is 12.1 Å². The summed E-state index contributed by atoms with van der Waals surface area (Å²) in [6.45, 7) is 0.189. The minimum atomic E-state index is -0.516. The van der Waals surface area contributed by atoms with Crippen LogP contribution in [0.1, 0.15) is 12.8 Å². The molecule has 2 fully saturated rings. The molecular weight excluding hydrogens is 454 g/mol. The largest absolute Gasteiger partial charge is 0.495 e. The van der Waals surface area contributed by atoms with Crippen molar-refractivity contribution in [1.82, 2.24) is 10.2 Å². The van der Waals surface area contributed by atoms with Crippen LogP contribution < -0.4 is 25.6 Å². The van der Waals surface area contributed by atoms with Gasteiger partial charge in [-0.3, -0.25) is 24.1 Å². The quantitative estimate of drug-likeness (QED) is 0.492. The first-order valence-electron chi connectivity index (χ1n) is 11.1. The predicted molar refractivity (Wildman–Crippen MR) is 127 cm³/mol. The van der Waals surface area contributed by atoms with Crippen molar-refractivity contribution < 1.29 is 28.7 Å². The van der Waals surface area contributed by atoms with Crippen LogP contribution in [0.15, 0.2) is 48.5 Å². The van der Waals surface area contributed by atoms with E-state index in [2.05, 4.69) is 16.0 Å². The average molecular weight is 479 g/mol. The fourth-order valence-corrected chi connectivity index (χ4v) is 3.97. The molecule has 11 nitrogen and oxygen atoms in total. The summed E-state index contributed by atoms with van der Waals surface area (Å²) >= 11 is 0. The molecule has 0 aromatic heterocycles. The van der Waals surface area contributed by atoms with E-state index in [0.717, 1.165) is 4.90 Å². The van der Waals surface area contributed by atoms with Gasteiger partial charge in [0.1, 0.15) is 5.75 Å². The van der Waals surface area contributed by atoms with Crippen LogP contribution in [0.5, 0.6) is 5.75 Å². The van der Waals surface area contributed by atoms with Crippen LogP contribution in [-0.2, 0) is 19.2 Å². The zero-order valence-corrected chi connectivity index (χ0v) is 19.1. The maximum Gasteiger partial charge on any atom is 0.324 e. The molecule has 182 valence electrons. The number of anilines is 3. The topological polar surface area (TPSA) is 137 Å². The molecule has 11 heteroatoms. The molecule has 0 spiro atoms. The molecule has 0 radical (unpaired) electrons. The summed E-state index contributed by atoms with van der Waals surface area (Å²) in [6, 6.07) is 13.2. The van der Waals surface area contributed by atoms with Crippen LogP contribution in [-0.4, -0.2) is 61.3 Å². The van der Waals surface area contributed by atoms with Crippen LogP contribution in [0.2, 0.25) is 0 Å². The lowest BCUT2D eigenvalue weighted by atomic mass is 10.1. The molecule has 2 saturated heterocycles. The number of para-hydroxylation sites is 2. The van der Waals surface area contributed by atoms with Crippen molar-refractivity contribution in [1.29, 1.82) is 0 Å². The molecule has 2 heterocycles. The molecule has 2 aliphatic heterocycles. The molecule has 6 amide bonds. The Hall–Kier alpha value is -4.41. The summed E-state index contributed by atoms with van der Waals surface area (Å²) in [7, 11) is 1.53. The van der Waals surface area contributed by atoms with E-state index in [4.69, 9.17) is 4.74 Å². The number of carbonyl (C=O) groups excluding carboxylic acids is 5. The first-order chi connectivity index (χ1) is 16.9. The van der Waals surface area contributed by atoms with Crippen molar-refractivity contribution in [2.75, 3.05) is 42.3 Å². The van der Waals surface area contributed by atoms with Gasteiger partial charge in [0.25, 0.3) is 0 Å². The van der Waals surface area contributed by atoms with Gasteiger partial charge in [0.2, 0.25) is 23.6 Å². The van der Waals surface area contributed by atoms with Gasteiger partial charge in [0.05, 0.1) is 25.3 Å². The molecule has 0 bridgehead atoms.